The van der Waals surface area contributed by atoms with Crippen molar-refractivity contribution >= 4 is 12.2 Å². The molecule has 0 heterocycles. The molecule has 0 amide bonds. The second-order valence-corrected chi connectivity index (χ2v) is 11.6. The molecular weight excluding hydrogens is 519 g/mol. The predicted octanol–water partition coefficient (Wildman–Crippen LogP) is -1.38. The van der Waals surface area contributed by atoms with Crippen molar-refractivity contribution in [2.24, 2.45) is 0 Å². The maximum Gasteiger partial charge on any atom is -1.00 e. The Hall–Kier alpha value is -0.175. The molecule has 0 radical (unpaired) electrons. The van der Waals surface area contributed by atoms with E-state index in [-0.39, 0.29) is 24.8 Å². The number of rotatable bonds is 2. The van der Waals surface area contributed by atoms with Gasteiger partial charge in [-0.05, 0) is 0 Å². The van der Waals surface area contributed by atoms with Gasteiger partial charge in [-0.1, -0.05) is 0 Å². The summed E-state index contributed by atoms with van der Waals surface area (Å²) in [6.45, 7) is 0. The zero-order valence-corrected chi connectivity index (χ0v) is 17.0. The molecule has 2 aliphatic carbocycles. The summed E-state index contributed by atoms with van der Waals surface area (Å²) in [5.41, 5.74) is 6.05. The van der Waals surface area contributed by atoms with Gasteiger partial charge >= 0.3 is 134 Å². The minimum atomic E-state index is -0.940. The van der Waals surface area contributed by atoms with Gasteiger partial charge < -0.3 is 24.8 Å². The van der Waals surface area contributed by atoms with E-state index in [1.165, 1.54) is 11.1 Å². The van der Waals surface area contributed by atoms with Crippen LogP contribution in [-0.4, -0.2) is 0 Å². The van der Waals surface area contributed by atoms with E-state index in [4.69, 9.17) is 0 Å². The number of fused-ring (bicyclic) bond motifs is 2. The van der Waals surface area contributed by atoms with Gasteiger partial charge in [0.25, 0.3) is 0 Å². The Morgan fingerprint density at radius 3 is 1.52 bits per heavy atom. The summed E-state index contributed by atoms with van der Waals surface area (Å²) in [5, 5.41) is 0. The van der Waals surface area contributed by atoms with E-state index in [1.807, 2.05) is 0 Å². The van der Waals surface area contributed by atoms with Crippen LogP contribution in [0.1, 0.15) is 25.6 Å². The maximum atomic E-state index is 2.45. The van der Waals surface area contributed by atoms with Crippen LogP contribution in [0.15, 0.2) is 60.7 Å². The van der Waals surface area contributed by atoms with Crippen molar-refractivity contribution in [1.82, 2.24) is 0 Å². The fourth-order valence-electron chi connectivity index (χ4n) is 2.98. The normalized spacial score (nSPS) is 20.0. The van der Waals surface area contributed by atoms with E-state index < -0.39 is 35.9 Å². The molecule has 2 aromatic rings. The van der Waals surface area contributed by atoms with E-state index in [0.717, 1.165) is 3.40 Å². The van der Waals surface area contributed by atoms with Gasteiger partial charge in [-0.2, -0.15) is 0 Å². The Balaban J connectivity index is 0.000000807. The summed E-state index contributed by atoms with van der Waals surface area (Å²) in [4.78, 5) is 0. The molecule has 0 spiro atoms. The average molecular weight is 533 g/mol. The average Bonchev–Trinajstić information content (AvgIpc) is 3.05. The number of benzene rings is 2. The van der Waals surface area contributed by atoms with Crippen LogP contribution in [0.2, 0.25) is 0 Å². The van der Waals surface area contributed by atoms with Gasteiger partial charge in [0.15, 0.2) is 0 Å². The minimum absolute atomic E-state index is 0. The molecule has 0 aromatic heterocycles. The monoisotopic (exact) mass is 532 g/mol. The third-order valence-electron chi connectivity index (χ3n) is 3.96. The van der Waals surface area contributed by atoms with E-state index >= 15 is 0 Å². The third kappa shape index (κ3) is 3.28. The first-order valence-electron chi connectivity index (χ1n) is 6.72. The zero-order valence-electron chi connectivity index (χ0n) is 11.3. The number of hydrogen-bond acceptors (Lipinski definition) is 0. The molecule has 21 heavy (non-hydrogen) atoms. The van der Waals surface area contributed by atoms with Crippen molar-refractivity contribution < 1.29 is 60.7 Å². The predicted molar refractivity (Wildman–Crippen MR) is 76.4 cm³/mol. The van der Waals surface area contributed by atoms with Crippen LogP contribution in [0.4, 0.5) is 0 Å². The van der Waals surface area contributed by atoms with Gasteiger partial charge in [-0.3, -0.25) is 0 Å². The fraction of sp³-hybridized carbons (Fsp3) is 0.111. The summed E-state index contributed by atoms with van der Waals surface area (Å²) < 4.78 is 1.55. The van der Waals surface area contributed by atoms with E-state index in [2.05, 4.69) is 72.8 Å². The molecule has 2 aromatic carbocycles. The van der Waals surface area contributed by atoms with E-state index in [9.17, 15) is 0 Å². The first-order valence-corrected chi connectivity index (χ1v) is 11.5. The molecule has 2 aliphatic rings. The first kappa shape index (κ1) is 17.2. The van der Waals surface area contributed by atoms with Gasteiger partial charge in [0, 0.05) is 0 Å². The SMILES string of the molecule is C1=C[CH]([Th+2][CH]2C=Cc3ccccc32)c2ccccc21.[Cl-].[Cl-]. The summed E-state index contributed by atoms with van der Waals surface area (Å²) in [6.07, 6.45) is 9.55. The minimum Gasteiger partial charge on any atom is -1.00 e. The van der Waals surface area contributed by atoms with Crippen molar-refractivity contribution in [2.45, 2.75) is 3.40 Å². The fourth-order valence-corrected chi connectivity index (χ4v) is 9.91. The van der Waals surface area contributed by atoms with Gasteiger partial charge in [0.2, 0.25) is 0 Å². The summed E-state index contributed by atoms with van der Waals surface area (Å²) in [6, 6.07) is 17.8. The zero-order chi connectivity index (χ0) is 12.7. The van der Waals surface area contributed by atoms with Crippen molar-refractivity contribution in [1.29, 1.82) is 0 Å². The Bertz CT molecular complexity index is 632. The van der Waals surface area contributed by atoms with Crippen LogP contribution in [0.3, 0.4) is 0 Å². The third-order valence-corrected chi connectivity index (χ3v) is 11.0. The molecular formula is C18H14Cl2Th. The molecule has 0 aliphatic heterocycles. The molecule has 0 saturated carbocycles. The Morgan fingerprint density at radius 2 is 1.05 bits per heavy atom. The van der Waals surface area contributed by atoms with E-state index in [0.29, 0.717) is 0 Å². The molecule has 104 valence electrons. The number of hydrogen-bond donors (Lipinski definition) is 0. The molecule has 0 N–H and O–H groups in total. The first-order chi connectivity index (χ1) is 9.42. The summed E-state index contributed by atoms with van der Waals surface area (Å²) >= 11 is -0.940. The Labute approximate surface area is 157 Å². The van der Waals surface area contributed by atoms with Crippen LogP contribution in [0.5, 0.6) is 0 Å². The smallest absolute Gasteiger partial charge is 1.00 e. The van der Waals surface area contributed by atoms with Crippen LogP contribution in [0, 0.1) is 35.9 Å². The van der Waals surface area contributed by atoms with Gasteiger partial charge in [-0.15, -0.1) is 0 Å². The quantitative estimate of drug-likeness (QED) is 0.447. The van der Waals surface area contributed by atoms with Crippen LogP contribution >= 0.6 is 0 Å². The Morgan fingerprint density at radius 1 is 0.619 bits per heavy atom. The second-order valence-electron chi connectivity index (χ2n) is 5.10. The maximum absolute atomic E-state index is 2.45. The number of halogens is 2. The molecule has 0 nitrogen and oxygen atoms in total. The molecule has 2 atom stereocenters. The number of allylic oxidation sites excluding steroid dienone is 2. The summed E-state index contributed by atoms with van der Waals surface area (Å²) in [5.74, 6) is 0. The molecule has 0 saturated heterocycles. The van der Waals surface area contributed by atoms with Crippen molar-refractivity contribution in [3.8, 4) is 0 Å². The van der Waals surface area contributed by atoms with Crippen molar-refractivity contribution in [3.63, 3.8) is 0 Å². The molecule has 0 fully saturated rings. The molecule has 3 heteroatoms. The summed E-state index contributed by atoms with van der Waals surface area (Å²) in [7, 11) is 0. The molecule has 0 bridgehead atoms. The van der Waals surface area contributed by atoms with Gasteiger partial charge in [-0.25, -0.2) is 0 Å². The standard InChI is InChI=1S/2C9H7.2ClH.Th/c2*1-2-5-9-7-3-6-8(9)4-1;;;/h2*1-7H;2*1H;/q;;;;+2/p-2. The van der Waals surface area contributed by atoms with Gasteiger partial charge in [0.05, 0.1) is 0 Å². The Kier molecular flexibility index (Phi) is 6.05. The van der Waals surface area contributed by atoms with Crippen LogP contribution < -0.4 is 24.8 Å². The topological polar surface area (TPSA) is 0 Å². The van der Waals surface area contributed by atoms with E-state index in [1.54, 1.807) is 11.1 Å². The van der Waals surface area contributed by atoms with Gasteiger partial charge in [0.1, 0.15) is 0 Å². The second kappa shape index (κ2) is 7.39. The van der Waals surface area contributed by atoms with Crippen molar-refractivity contribution in [2.75, 3.05) is 0 Å². The van der Waals surface area contributed by atoms with Crippen LogP contribution in [-0.2, 0) is 0 Å². The van der Waals surface area contributed by atoms with Crippen LogP contribution in [0.25, 0.3) is 12.2 Å². The van der Waals surface area contributed by atoms with Crippen molar-refractivity contribution in [3.05, 3.63) is 82.9 Å². The largest absolute Gasteiger partial charge is 1.00 e. The molecule has 2 unspecified atom stereocenters. The molecule has 4 rings (SSSR count).